The van der Waals surface area contributed by atoms with Gasteiger partial charge in [-0.1, -0.05) is 44.5 Å². The number of ether oxygens (including phenoxy) is 1. The van der Waals surface area contributed by atoms with Gasteiger partial charge >= 0.3 is 5.97 Å². The molecule has 104 valence electrons. The summed E-state index contributed by atoms with van der Waals surface area (Å²) in [6.45, 7) is 5.77. The predicted molar refractivity (Wildman–Crippen MR) is 76.8 cm³/mol. The first-order valence-electron chi connectivity index (χ1n) is 6.69. The van der Waals surface area contributed by atoms with Crippen molar-refractivity contribution < 1.29 is 14.6 Å². The number of hydrogen-bond acceptors (Lipinski definition) is 2. The largest absolute Gasteiger partial charge is 0.478 e. The molecule has 1 unspecified atom stereocenters. The molecule has 0 heterocycles. The Hall–Kier alpha value is -1.61. The maximum Gasteiger partial charge on any atom is 0.328 e. The van der Waals surface area contributed by atoms with Gasteiger partial charge in [0.05, 0.1) is 6.61 Å². The number of carbonyl (C=O) groups is 1. The summed E-state index contributed by atoms with van der Waals surface area (Å²) in [7, 11) is 0. The summed E-state index contributed by atoms with van der Waals surface area (Å²) in [5.74, 6) is -0.333. The Balaban J connectivity index is 2.38. The Morgan fingerprint density at radius 3 is 2.63 bits per heavy atom. The summed E-state index contributed by atoms with van der Waals surface area (Å²) in [6.07, 6.45) is 5.10. The molecule has 0 aliphatic carbocycles. The zero-order valence-electron chi connectivity index (χ0n) is 11.6. The maximum absolute atomic E-state index is 10.4. The number of carboxylic acid groups (broad SMARTS) is 1. The molecule has 0 fully saturated rings. The molecule has 0 amide bonds. The van der Waals surface area contributed by atoms with Crippen LogP contribution in [0.3, 0.4) is 0 Å². The van der Waals surface area contributed by atoms with E-state index in [1.165, 1.54) is 12.8 Å². The SMILES string of the molecule is CCCC(C)COCc1ccc(/C=C/C(=O)O)cc1. The fourth-order valence-electron chi connectivity index (χ4n) is 1.85. The average molecular weight is 262 g/mol. The molecule has 0 saturated carbocycles. The minimum atomic E-state index is -0.933. The van der Waals surface area contributed by atoms with Crippen LogP contribution in [0.1, 0.15) is 37.8 Å². The molecule has 1 rings (SSSR count). The topological polar surface area (TPSA) is 46.5 Å². The first kappa shape index (κ1) is 15.4. The third kappa shape index (κ3) is 6.77. The number of rotatable bonds is 8. The van der Waals surface area contributed by atoms with Crippen molar-refractivity contribution in [1.29, 1.82) is 0 Å². The Morgan fingerprint density at radius 2 is 2.05 bits per heavy atom. The van der Waals surface area contributed by atoms with Gasteiger partial charge in [0, 0.05) is 12.7 Å². The highest BCUT2D eigenvalue weighted by Crippen LogP contribution is 2.10. The molecule has 1 aromatic rings. The Kier molecular flexibility index (Phi) is 6.90. The molecule has 1 atom stereocenters. The van der Waals surface area contributed by atoms with Gasteiger partial charge < -0.3 is 9.84 Å². The van der Waals surface area contributed by atoms with Gasteiger partial charge in [0.25, 0.3) is 0 Å². The van der Waals surface area contributed by atoms with Crippen molar-refractivity contribution >= 4 is 12.0 Å². The van der Waals surface area contributed by atoms with Crippen LogP contribution < -0.4 is 0 Å². The summed E-state index contributed by atoms with van der Waals surface area (Å²) in [5.41, 5.74) is 1.99. The molecule has 0 aliphatic rings. The van der Waals surface area contributed by atoms with Crippen molar-refractivity contribution in [2.45, 2.75) is 33.3 Å². The van der Waals surface area contributed by atoms with Crippen LogP contribution in [0.25, 0.3) is 6.08 Å². The Morgan fingerprint density at radius 1 is 1.37 bits per heavy atom. The van der Waals surface area contributed by atoms with E-state index in [-0.39, 0.29) is 0 Å². The lowest BCUT2D eigenvalue weighted by molar-refractivity contribution is -0.131. The van der Waals surface area contributed by atoms with Gasteiger partial charge in [-0.25, -0.2) is 4.79 Å². The lowest BCUT2D eigenvalue weighted by Crippen LogP contribution is -2.05. The van der Waals surface area contributed by atoms with Gasteiger partial charge in [-0.05, 0) is 29.5 Å². The molecule has 1 aromatic carbocycles. The van der Waals surface area contributed by atoms with Crippen LogP contribution in [-0.2, 0) is 16.1 Å². The molecule has 19 heavy (non-hydrogen) atoms. The van der Waals surface area contributed by atoms with Crippen LogP contribution in [0, 0.1) is 5.92 Å². The van der Waals surface area contributed by atoms with Crippen LogP contribution in [0.15, 0.2) is 30.3 Å². The minimum Gasteiger partial charge on any atom is -0.478 e. The van der Waals surface area contributed by atoms with E-state index >= 15 is 0 Å². The standard InChI is InChI=1S/C16H22O3/c1-3-4-13(2)11-19-12-15-7-5-14(6-8-15)9-10-16(17)18/h5-10,13H,3-4,11-12H2,1-2H3,(H,17,18)/b10-9+. The van der Waals surface area contributed by atoms with Gasteiger partial charge in [-0.2, -0.15) is 0 Å². The average Bonchev–Trinajstić information content (AvgIpc) is 2.38. The fourth-order valence-corrected chi connectivity index (χ4v) is 1.85. The second-order valence-electron chi connectivity index (χ2n) is 4.82. The molecule has 3 nitrogen and oxygen atoms in total. The van der Waals surface area contributed by atoms with E-state index in [1.54, 1.807) is 6.08 Å². The molecular formula is C16H22O3. The second-order valence-corrected chi connectivity index (χ2v) is 4.82. The first-order valence-corrected chi connectivity index (χ1v) is 6.69. The smallest absolute Gasteiger partial charge is 0.328 e. The third-order valence-corrected chi connectivity index (χ3v) is 2.85. The van der Waals surface area contributed by atoms with Crippen molar-refractivity contribution in [2.24, 2.45) is 5.92 Å². The monoisotopic (exact) mass is 262 g/mol. The number of hydrogen-bond donors (Lipinski definition) is 1. The minimum absolute atomic E-state index is 0.600. The van der Waals surface area contributed by atoms with Gasteiger partial charge in [0.2, 0.25) is 0 Å². The molecule has 0 spiro atoms. The van der Waals surface area contributed by atoms with E-state index in [4.69, 9.17) is 9.84 Å². The van der Waals surface area contributed by atoms with E-state index in [2.05, 4.69) is 13.8 Å². The fraction of sp³-hybridized carbons (Fsp3) is 0.438. The summed E-state index contributed by atoms with van der Waals surface area (Å²) in [6, 6.07) is 7.72. The second kappa shape index (κ2) is 8.48. The van der Waals surface area contributed by atoms with Crippen molar-refractivity contribution in [3.63, 3.8) is 0 Å². The van der Waals surface area contributed by atoms with Crippen molar-refractivity contribution in [1.82, 2.24) is 0 Å². The van der Waals surface area contributed by atoms with Gasteiger partial charge in [-0.15, -0.1) is 0 Å². The molecule has 0 radical (unpaired) electrons. The maximum atomic E-state index is 10.4. The highest BCUT2D eigenvalue weighted by molar-refractivity contribution is 5.85. The summed E-state index contributed by atoms with van der Waals surface area (Å²) >= 11 is 0. The molecule has 0 aliphatic heterocycles. The molecule has 1 N–H and O–H groups in total. The highest BCUT2D eigenvalue weighted by Gasteiger charge is 2.01. The van der Waals surface area contributed by atoms with E-state index in [1.807, 2.05) is 24.3 Å². The van der Waals surface area contributed by atoms with E-state index in [0.29, 0.717) is 12.5 Å². The number of carboxylic acids is 1. The molecule has 3 heteroatoms. The van der Waals surface area contributed by atoms with E-state index < -0.39 is 5.97 Å². The lowest BCUT2D eigenvalue weighted by Gasteiger charge is -2.10. The molecule has 0 saturated heterocycles. The zero-order valence-corrected chi connectivity index (χ0v) is 11.6. The van der Waals surface area contributed by atoms with Crippen LogP contribution >= 0.6 is 0 Å². The Bertz CT molecular complexity index is 407. The lowest BCUT2D eigenvalue weighted by atomic mass is 10.1. The Labute approximate surface area is 114 Å². The number of aliphatic carboxylic acids is 1. The zero-order chi connectivity index (χ0) is 14.1. The third-order valence-electron chi connectivity index (χ3n) is 2.85. The van der Waals surface area contributed by atoms with Crippen molar-refractivity contribution in [3.8, 4) is 0 Å². The van der Waals surface area contributed by atoms with Crippen LogP contribution in [0.4, 0.5) is 0 Å². The molecule has 0 aromatic heterocycles. The predicted octanol–water partition coefficient (Wildman–Crippen LogP) is 3.74. The number of benzene rings is 1. The van der Waals surface area contributed by atoms with Gasteiger partial charge in [-0.3, -0.25) is 0 Å². The van der Waals surface area contributed by atoms with Crippen LogP contribution in [0.2, 0.25) is 0 Å². The van der Waals surface area contributed by atoms with E-state index in [0.717, 1.165) is 23.8 Å². The quantitative estimate of drug-likeness (QED) is 0.726. The van der Waals surface area contributed by atoms with Crippen molar-refractivity contribution in [2.75, 3.05) is 6.61 Å². The summed E-state index contributed by atoms with van der Waals surface area (Å²) in [5, 5.41) is 8.53. The normalized spacial score (nSPS) is 12.7. The van der Waals surface area contributed by atoms with Crippen LogP contribution in [-0.4, -0.2) is 17.7 Å². The van der Waals surface area contributed by atoms with Gasteiger partial charge in [0.1, 0.15) is 0 Å². The van der Waals surface area contributed by atoms with Gasteiger partial charge in [0.15, 0.2) is 0 Å². The van der Waals surface area contributed by atoms with E-state index in [9.17, 15) is 4.79 Å². The highest BCUT2D eigenvalue weighted by atomic mass is 16.5. The van der Waals surface area contributed by atoms with Crippen LogP contribution in [0.5, 0.6) is 0 Å². The summed E-state index contributed by atoms with van der Waals surface area (Å²) in [4.78, 5) is 10.4. The molecule has 0 bridgehead atoms. The van der Waals surface area contributed by atoms with Crippen molar-refractivity contribution in [3.05, 3.63) is 41.5 Å². The first-order chi connectivity index (χ1) is 9.11. The molecular weight excluding hydrogens is 240 g/mol. The summed E-state index contributed by atoms with van der Waals surface area (Å²) < 4.78 is 5.66.